The molecule has 0 aliphatic heterocycles. The average molecular weight is 265 g/mol. The largest absolute Gasteiger partial charge is 0.338 e. The summed E-state index contributed by atoms with van der Waals surface area (Å²) in [4.78, 5) is 15.9. The molecule has 1 aromatic carbocycles. The van der Waals surface area contributed by atoms with Crippen LogP contribution in [-0.2, 0) is 5.41 Å². The number of nitriles is 1. The minimum atomic E-state index is -0.303. The predicted molar refractivity (Wildman–Crippen MR) is 78.9 cm³/mol. The number of hydrogen-bond donors (Lipinski definition) is 1. The number of H-pyrrole nitrogens is 1. The van der Waals surface area contributed by atoms with Crippen molar-refractivity contribution in [2.75, 3.05) is 0 Å². The van der Waals surface area contributed by atoms with E-state index in [-0.39, 0.29) is 11.0 Å². The molecule has 0 bridgehead atoms. The van der Waals surface area contributed by atoms with Gasteiger partial charge in [-0.15, -0.1) is 0 Å². The Morgan fingerprint density at radius 1 is 1.25 bits per heavy atom. The van der Waals surface area contributed by atoms with Crippen LogP contribution in [0, 0.1) is 11.3 Å². The Kier molecular flexibility index (Phi) is 2.48. The summed E-state index contributed by atoms with van der Waals surface area (Å²) in [5.74, 6) is 0. The van der Waals surface area contributed by atoms with Crippen LogP contribution in [0.5, 0.6) is 0 Å². The molecule has 3 aromatic rings. The quantitative estimate of drug-likeness (QED) is 0.679. The van der Waals surface area contributed by atoms with Gasteiger partial charge in [-0.2, -0.15) is 5.26 Å². The van der Waals surface area contributed by atoms with E-state index < -0.39 is 0 Å². The summed E-state index contributed by atoms with van der Waals surface area (Å²) in [6, 6.07) is 11.5. The molecule has 100 valence electrons. The van der Waals surface area contributed by atoms with Gasteiger partial charge >= 0.3 is 0 Å². The highest BCUT2D eigenvalue weighted by Gasteiger charge is 2.22. The highest BCUT2D eigenvalue weighted by atomic mass is 16.1. The second-order valence-corrected chi connectivity index (χ2v) is 5.96. The summed E-state index contributed by atoms with van der Waals surface area (Å²) >= 11 is 0. The molecule has 0 spiro atoms. The first-order chi connectivity index (χ1) is 9.43. The summed E-state index contributed by atoms with van der Waals surface area (Å²) < 4.78 is 1.61. The first-order valence-corrected chi connectivity index (χ1v) is 6.50. The van der Waals surface area contributed by atoms with Crippen LogP contribution in [0.25, 0.3) is 16.7 Å². The lowest BCUT2D eigenvalue weighted by molar-refractivity contribution is 0.580. The molecule has 0 aliphatic carbocycles. The van der Waals surface area contributed by atoms with Crippen molar-refractivity contribution < 1.29 is 0 Å². The lowest BCUT2D eigenvalue weighted by Gasteiger charge is -2.18. The van der Waals surface area contributed by atoms with E-state index in [1.54, 1.807) is 10.5 Å². The maximum Gasteiger partial charge on any atom is 0.260 e. The van der Waals surface area contributed by atoms with Gasteiger partial charge in [-0.05, 0) is 23.6 Å². The van der Waals surface area contributed by atoms with Crippen LogP contribution >= 0.6 is 0 Å². The molecule has 0 saturated heterocycles. The fourth-order valence-corrected chi connectivity index (χ4v) is 2.49. The second-order valence-electron chi connectivity index (χ2n) is 5.96. The van der Waals surface area contributed by atoms with Crippen molar-refractivity contribution in [2.45, 2.75) is 26.2 Å². The summed E-state index contributed by atoms with van der Waals surface area (Å²) in [6.45, 7) is 5.93. The van der Waals surface area contributed by atoms with E-state index in [1.165, 1.54) is 0 Å². The summed E-state index contributed by atoms with van der Waals surface area (Å²) in [7, 11) is 0. The molecule has 4 nitrogen and oxygen atoms in total. The number of hydrogen-bond acceptors (Lipinski definition) is 2. The van der Waals surface area contributed by atoms with Crippen molar-refractivity contribution >= 4 is 16.7 Å². The van der Waals surface area contributed by atoms with E-state index in [0.717, 1.165) is 11.0 Å². The average Bonchev–Trinajstić information content (AvgIpc) is 2.77. The third-order valence-electron chi connectivity index (χ3n) is 3.53. The highest BCUT2D eigenvalue weighted by Crippen LogP contribution is 2.23. The number of nitrogens with one attached hydrogen (secondary N) is 1. The Balaban J connectivity index is 2.61. The maximum absolute atomic E-state index is 12.8. The Morgan fingerprint density at radius 3 is 2.60 bits per heavy atom. The van der Waals surface area contributed by atoms with Crippen molar-refractivity contribution in [3.05, 3.63) is 51.8 Å². The van der Waals surface area contributed by atoms with Gasteiger partial charge in [0.1, 0.15) is 11.7 Å². The minimum Gasteiger partial charge on any atom is -0.338 e. The van der Waals surface area contributed by atoms with Crippen molar-refractivity contribution in [3.63, 3.8) is 0 Å². The Hall–Kier alpha value is -2.54. The van der Waals surface area contributed by atoms with E-state index in [0.29, 0.717) is 16.8 Å². The van der Waals surface area contributed by atoms with Gasteiger partial charge in [0.2, 0.25) is 0 Å². The molecule has 4 heteroatoms. The van der Waals surface area contributed by atoms with Crippen LogP contribution in [0.4, 0.5) is 0 Å². The normalized spacial score (nSPS) is 11.9. The van der Waals surface area contributed by atoms with Crippen LogP contribution in [0.1, 0.15) is 31.9 Å². The highest BCUT2D eigenvalue weighted by molar-refractivity contribution is 5.82. The van der Waals surface area contributed by atoms with Gasteiger partial charge in [-0.25, -0.2) is 0 Å². The van der Waals surface area contributed by atoms with E-state index in [1.807, 2.05) is 45.0 Å². The number of benzene rings is 1. The van der Waals surface area contributed by atoms with Crippen LogP contribution in [0.3, 0.4) is 0 Å². The van der Waals surface area contributed by atoms with Crippen molar-refractivity contribution in [2.24, 2.45) is 0 Å². The number of para-hydroxylation sites is 2. The zero-order valence-electron chi connectivity index (χ0n) is 11.7. The minimum absolute atomic E-state index is 0.0658. The zero-order valence-corrected chi connectivity index (χ0v) is 11.7. The Morgan fingerprint density at radius 2 is 1.95 bits per heavy atom. The van der Waals surface area contributed by atoms with Crippen LogP contribution in [0.2, 0.25) is 0 Å². The lowest BCUT2D eigenvalue weighted by Crippen LogP contribution is -2.27. The molecule has 0 saturated carbocycles. The summed E-state index contributed by atoms with van der Waals surface area (Å²) in [5, 5.41) is 9.36. The predicted octanol–water partition coefficient (Wildman–Crippen LogP) is 2.95. The van der Waals surface area contributed by atoms with Gasteiger partial charge < -0.3 is 4.98 Å². The summed E-state index contributed by atoms with van der Waals surface area (Å²) in [6.07, 6.45) is 0. The second kappa shape index (κ2) is 3.97. The van der Waals surface area contributed by atoms with E-state index in [2.05, 4.69) is 11.1 Å². The molecule has 1 N–H and O–H groups in total. The number of aromatic nitrogens is 2. The first kappa shape index (κ1) is 12.5. The zero-order chi connectivity index (χ0) is 14.5. The molecule has 2 aromatic heterocycles. The third-order valence-corrected chi connectivity index (χ3v) is 3.53. The number of nitrogens with zero attached hydrogens (tertiary/aromatic N) is 2. The maximum atomic E-state index is 12.8. The molecule has 0 aliphatic rings. The number of fused-ring (bicyclic) bond motifs is 3. The topological polar surface area (TPSA) is 61.1 Å². The monoisotopic (exact) mass is 265 g/mol. The van der Waals surface area contributed by atoms with Gasteiger partial charge in [-0.1, -0.05) is 32.9 Å². The number of rotatable bonds is 0. The lowest BCUT2D eigenvalue weighted by atomic mass is 9.87. The number of pyridine rings is 1. The van der Waals surface area contributed by atoms with Crippen molar-refractivity contribution in [3.8, 4) is 6.07 Å². The number of imidazole rings is 1. The molecule has 3 rings (SSSR count). The summed E-state index contributed by atoms with van der Waals surface area (Å²) in [5.41, 5.74) is 2.99. The van der Waals surface area contributed by atoms with Crippen LogP contribution < -0.4 is 5.56 Å². The molecular weight excluding hydrogens is 250 g/mol. The van der Waals surface area contributed by atoms with Crippen molar-refractivity contribution in [1.82, 2.24) is 9.38 Å². The van der Waals surface area contributed by atoms with Gasteiger partial charge in [0, 0.05) is 5.56 Å². The fourth-order valence-electron chi connectivity index (χ4n) is 2.49. The van der Waals surface area contributed by atoms with Crippen LogP contribution in [-0.4, -0.2) is 9.38 Å². The van der Waals surface area contributed by atoms with Crippen LogP contribution in [0.15, 0.2) is 35.1 Å². The molecule has 0 atom stereocenters. The molecule has 20 heavy (non-hydrogen) atoms. The van der Waals surface area contributed by atoms with E-state index in [4.69, 9.17) is 0 Å². The Bertz CT molecular complexity index is 917. The van der Waals surface area contributed by atoms with E-state index >= 15 is 0 Å². The van der Waals surface area contributed by atoms with Gasteiger partial charge in [0.25, 0.3) is 5.56 Å². The molecule has 0 radical (unpaired) electrons. The smallest absolute Gasteiger partial charge is 0.260 e. The third kappa shape index (κ3) is 1.64. The molecule has 0 fully saturated rings. The molecular formula is C16H15N3O. The standard InChI is InChI=1S/C16H15N3O/c1-16(2,3)11-8-10(9-17)14-18-12-6-4-5-7-13(12)19(14)15(11)20/h4-8,18H,1-3H3. The number of aromatic amines is 1. The van der Waals surface area contributed by atoms with Gasteiger partial charge in [0.05, 0.1) is 16.6 Å². The molecule has 0 amide bonds. The van der Waals surface area contributed by atoms with E-state index in [9.17, 15) is 10.1 Å². The van der Waals surface area contributed by atoms with Crippen molar-refractivity contribution in [1.29, 1.82) is 5.26 Å². The first-order valence-electron chi connectivity index (χ1n) is 6.50. The SMILES string of the molecule is CC(C)(C)c1cc(C#N)c2[nH]c3ccccc3n2c1=O. The molecule has 0 unspecified atom stereocenters. The van der Waals surface area contributed by atoms with Gasteiger partial charge in [-0.3, -0.25) is 9.20 Å². The Labute approximate surface area is 116 Å². The fraction of sp³-hybridized carbons (Fsp3) is 0.250. The van der Waals surface area contributed by atoms with Gasteiger partial charge in [0.15, 0.2) is 0 Å². The molecule has 2 heterocycles.